The minimum absolute atomic E-state index is 0.128. The molecule has 0 saturated carbocycles. The zero-order chi connectivity index (χ0) is 12.9. The highest BCUT2D eigenvalue weighted by Gasteiger charge is 2.14. The van der Waals surface area contributed by atoms with Gasteiger partial charge in [-0.1, -0.05) is 11.8 Å². The summed E-state index contributed by atoms with van der Waals surface area (Å²) in [7, 11) is -3.42. The van der Waals surface area contributed by atoms with Crippen LogP contribution in [-0.4, -0.2) is 21.0 Å². The van der Waals surface area contributed by atoms with Crippen molar-refractivity contribution in [3.63, 3.8) is 0 Å². The second-order valence-corrected chi connectivity index (χ2v) is 5.52. The zero-order valence-corrected chi connectivity index (χ0v) is 10.7. The van der Waals surface area contributed by atoms with E-state index < -0.39 is 10.0 Å². The molecule has 0 spiro atoms. The fourth-order valence-corrected chi connectivity index (χ4v) is 2.50. The lowest BCUT2D eigenvalue weighted by Gasteiger charge is -2.09. The first-order valence-electron chi connectivity index (χ1n) is 5.27. The van der Waals surface area contributed by atoms with Gasteiger partial charge < -0.3 is 5.73 Å². The first-order chi connectivity index (χ1) is 7.95. The van der Waals surface area contributed by atoms with E-state index >= 15 is 0 Å². The lowest BCUT2D eigenvalue weighted by molar-refractivity contribution is 0.570. The van der Waals surface area contributed by atoms with Gasteiger partial charge in [0.25, 0.3) is 0 Å². The van der Waals surface area contributed by atoms with Crippen LogP contribution in [0.1, 0.15) is 19.4 Å². The molecule has 1 rings (SSSR count). The molecular weight excluding hydrogens is 236 g/mol. The predicted molar refractivity (Wildman–Crippen MR) is 67.8 cm³/mol. The van der Waals surface area contributed by atoms with Crippen LogP contribution in [0.5, 0.6) is 0 Å². The van der Waals surface area contributed by atoms with Crippen LogP contribution >= 0.6 is 0 Å². The Morgan fingerprint density at radius 1 is 1.29 bits per heavy atom. The Labute approximate surface area is 102 Å². The van der Waals surface area contributed by atoms with Crippen molar-refractivity contribution < 1.29 is 8.42 Å². The summed E-state index contributed by atoms with van der Waals surface area (Å²) in [5.41, 5.74) is 6.00. The molecule has 0 saturated heterocycles. The van der Waals surface area contributed by atoms with Crippen molar-refractivity contribution in [1.29, 1.82) is 0 Å². The van der Waals surface area contributed by atoms with E-state index in [-0.39, 0.29) is 17.5 Å². The minimum Gasteiger partial charge on any atom is -0.320 e. The van der Waals surface area contributed by atoms with Gasteiger partial charge in [-0.2, -0.15) is 0 Å². The predicted octanol–water partition coefficient (Wildman–Crippen LogP) is 0.683. The molecule has 4 nitrogen and oxygen atoms in total. The van der Waals surface area contributed by atoms with E-state index in [1.807, 2.05) is 0 Å². The average Bonchev–Trinajstić information content (AvgIpc) is 2.25. The monoisotopic (exact) mass is 252 g/mol. The molecule has 0 unspecified atom stereocenters. The van der Waals surface area contributed by atoms with Crippen LogP contribution in [0.3, 0.4) is 0 Å². The molecule has 0 aliphatic carbocycles. The molecule has 3 N–H and O–H groups in total. The van der Waals surface area contributed by atoms with E-state index in [0.29, 0.717) is 0 Å². The van der Waals surface area contributed by atoms with Crippen molar-refractivity contribution in [2.45, 2.75) is 24.8 Å². The Morgan fingerprint density at radius 3 is 2.35 bits per heavy atom. The third-order valence-corrected chi connectivity index (χ3v) is 3.56. The lowest BCUT2D eigenvalue weighted by atomic mass is 10.2. The van der Waals surface area contributed by atoms with Gasteiger partial charge in [0.2, 0.25) is 10.0 Å². The standard InChI is InChI=1S/C12H16N2O2S/c1-10(2)14-17(15,16)12-7-5-11(6-8-12)4-3-9-13/h5-8,10,14H,9,13H2,1-2H3. The highest BCUT2D eigenvalue weighted by atomic mass is 32.2. The van der Waals surface area contributed by atoms with Gasteiger partial charge in [-0.3, -0.25) is 0 Å². The van der Waals surface area contributed by atoms with E-state index in [1.54, 1.807) is 26.0 Å². The van der Waals surface area contributed by atoms with Gasteiger partial charge in [0.15, 0.2) is 0 Å². The Kier molecular flexibility index (Phi) is 4.70. The van der Waals surface area contributed by atoms with Crippen LogP contribution in [0.15, 0.2) is 29.2 Å². The van der Waals surface area contributed by atoms with Gasteiger partial charge in [-0.25, -0.2) is 13.1 Å². The quantitative estimate of drug-likeness (QED) is 0.777. The number of nitrogens with two attached hydrogens (primary N) is 1. The lowest BCUT2D eigenvalue weighted by Crippen LogP contribution is -2.30. The van der Waals surface area contributed by atoms with Crippen LogP contribution in [0.25, 0.3) is 0 Å². The number of benzene rings is 1. The van der Waals surface area contributed by atoms with Crippen molar-refractivity contribution in [2.24, 2.45) is 5.73 Å². The number of rotatable bonds is 3. The number of hydrogen-bond acceptors (Lipinski definition) is 3. The first kappa shape index (κ1) is 13.7. The highest BCUT2D eigenvalue weighted by Crippen LogP contribution is 2.10. The average molecular weight is 252 g/mol. The molecule has 0 amide bonds. The number of sulfonamides is 1. The summed E-state index contributed by atoms with van der Waals surface area (Å²) in [5.74, 6) is 5.54. The summed E-state index contributed by atoms with van der Waals surface area (Å²) in [6.07, 6.45) is 0. The molecule has 0 aromatic heterocycles. The SMILES string of the molecule is CC(C)NS(=O)(=O)c1ccc(C#CCN)cc1. The van der Waals surface area contributed by atoms with Gasteiger partial charge in [-0.15, -0.1) is 0 Å². The minimum atomic E-state index is -3.42. The summed E-state index contributed by atoms with van der Waals surface area (Å²) in [6.45, 7) is 3.84. The van der Waals surface area contributed by atoms with E-state index in [9.17, 15) is 8.42 Å². The van der Waals surface area contributed by atoms with Crippen LogP contribution in [0.4, 0.5) is 0 Å². The summed E-state index contributed by atoms with van der Waals surface area (Å²) in [5, 5.41) is 0. The van der Waals surface area contributed by atoms with Crippen molar-refractivity contribution in [3.8, 4) is 11.8 Å². The van der Waals surface area contributed by atoms with Crippen molar-refractivity contribution in [3.05, 3.63) is 29.8 Å². The molecule has 0 aliphatic heterocycles. The Morgan fingerprint density at radius 2 is 1.88 bits per heavy atom. The maximum atomic E-state index is 11.8. The molecule has 0 radical (unpaired) electrons. The van der Waals surface area contributed by atoms with Crippen molar-refractivity contribution in [1.82, 2.24) is 4.72 Å². The normalized spacial score (nSPS) is 11.1. The summed E-state index contributed by atoms with van der Waals surface area (Å²) in [4.78, 5) is 0.240. The smallest absolute Gasteiger partial charge is 0.240 e. The Balaban J connectivity index is 2.95. The van der Waals surface area contributed by atoms with Gasteiger partial charge in [0, 0.05) is 11.6 Å². The van der Waals surface area contributed by atoms with E-state index in [2.05, 4.69) is 16.6 Å². The second-order valence-electron chi connectivity index (χ2n) is 3.81. The fourth-order valence-electron chi connectivity index (χ4n) is 1.25. The molecule has 0 heterocycles. The molecular formula is C12H16N2O2S. The fraction of sp³-hybridized carbons (Fsp3) is 0.333. The highest BCUT2D eigenvalue weighted by molar-refractivity contribution is 7.89. The van der Waals surface area contributed by atoms with Gasteiger partial charge in [0.05, 0.1) is 11.4 Å². The Hall–Kier alpha value is -1.35. The van der Waals surface area contributed by atoms with Gasteiger partial charge in [0.1, 0.15) is 0 Å². The van der Waals surface area contributed by atoms with Gasteiger partial charge >= 0.3 is 0 Å². The Bertz CT molecular complexity index is 522. The van der Waals surface area contributed by atoms with Crippen LogP contribution in [0, 0.1) is 11.8 Å². The molecule has 92 valence electrons. The van der Waals surface area contributed by atoms with Crippen molar-refractivity contribution >= 4 is 10.0 Å². The van der Waals surface area contributed by atoms with Crippen LogP contribution in [0.2, 0.25) is 0 Å². The topological polar surface area (TPSA) is 72.2 Å². The molecule has 1 aromatic carbocycles. The molecule has 17 heavy (non-hydrogen) atoms. The molecule has 0 aliphatic rings. The van der Waals surface area contributed by atoms with Gasteiger partial charge in [-0.05, 0) is 38.1 Å². The molecule has 0 fully saturated rings. The third-order valence-electron chi connectivity index (χ3n) is 1.89. The molecule has 1 aromatic rings. The van der Waals surface area contributed by atoms with E-state index in [0.717, 1.165) is 5.56 Å². The third kappa shape index (κ3) is 4.19. The zero-order valence-electron chi connectivity index (χ0n) is 9.90. The summed E-state index contributed by atoms with van der Waals surface area (Å²) >= 11 is 0. The maximum absolute atomic E-state index is 11.8. The molecule has 0 bridgehead atoms. The molecule has 5 heteroatoms. The number of nitrogens with one attached hydrogen (secondary N) is 1. The summed E-state index contributed by atoms with van der Waals surface area (Å²) < 4.78 is 26.1. The maximum Gasteiger partial charge on any atom is 0.240 e. The second kappa shape index (κ2) is 5.82. The van der Waals surface area contributed by atoms with E-state index in [4.69, 9.17) is 5.73 Å². The van der Waals surface area contributed by atoms with Crippen LogP contribution in [-0.2, 0) is 10.0 Å². The summed E-state index contributed by atoms with van der Waals surface area (Å²) in [6, 6.07) is 6.27. The van der Waals surface area contributed by atoms with Crippen LogP contribution < -0.4 is 10.5 Å². The molecule has 0 atom stereocenters. The largest absolute Gasteiger partial charge is 0.320 e. The number of hydrogen-bond donors (Lipinski definition) is 2. The van der Waals surface area contributed by atoms with E-state index in [1.165, 1.54) is 12.1 Å². The first-order valence-corrected chi connectivity index (χ1v) is 6.75. The van der Waals surface area contributed by atoms with Crippen molar-refractivity contribution in [2.75, 3.05) is 6.54 Å².